The quantitative estimate of drug-likeness (QED) is 0.622. The van der Waals surface area contributed by atoms with Gasteiger partial charge in [-0.1, -0.05) is 24.3 Å². The topological polar surface area (TPSA) is 64.2 Å². The highest BCUT2D eigenvalue weighted by Crippen LogP contribution is 2.19. The number of benzene rings is 1. The van der Waals surface area contributed by atoms with Crippen LogP contribution in [0.15, 0.2) is 36.7 Å². The first kappa shape index (κ1) is 11.9. The molecular weight excluding hydrogens is 244 g/mol. The van der Waals surface area contributed by atoms with Crippen molar-refractivity contribution in [3.05, 3.63) is 57.9 Å². The van der Waals surface area contributed by atoms with Gasteiger partial charge in [0.05, 0.1) is 11.6 Å². The molecule has 0 atom stereocenters. The zero-order chi connectivity index (χ0) is 13.2. The summed E-state index contributed by atoms with van der Waals surface area (Å²) in [5.74, 6) is 0. The highest BCUT2D eigenvalue weighted by molar-refractivity contribution is 5.29. The van der Waals surface area contributed by atoms with Crippen molar-refractivity contribution in [3.8, 4) is 0 Å². The molecule has 0 unspecified atom stereocenters. The fourth-order valence-electron chi connectivity index (χ4n) is 2.40. The largest absolute Gasteiger partial charge is 0.307 e. The van der Waals surface area contributed by atoms with E-state index in [1.165, 1.54) is 23.5 Å². The first-order valence-electron chi connectivity index (χ1n) is 6.18. The minimum atomic E-state index is -0.422. The molecule has 0 radical (unpaired) electrons. The van der Waals surface area contributed by atoms with E-state index in [-0.39, 0.29) is 5.69 Å². The molecule has 0 spiro atoms. The molecule has 1 aromatic carbocycles. The summed E-state index contributed by atoms with van der Waals surface area (Å²) < 4.78 is 1.62. The molecule has 0 bridgehead atoms. The monoisotopic (exact) mass is 258 g/mol. The molecule has 2 heterocycles. The maximum Gasteiger partial charge on any atom is 0.307 e. The van der Waals surface area contributed by atoms with Crippen LogP contribution in [0.2, 0.25) is 0 Å². The van der Waals surface area contributed by atoms with Crippen molar-refractivity contribution in [1.82, 2.24) is 14.7 Å². The molecule has 3 rings (SSSR count). The molecule has 98 valence electrons. The van der Waals surface area contributed by atoms with Crippen LogP contribution < -0.4 is 0 Å². The van der Waals surface area contributed by atoms with Crippen LogP contribution in [0.25, 0.3) is 0 Å². The van der Waals surface area contributed by atoms with Crippen molar-refractivity contribution in [2.24, 2.45) is 0 Å². The van der Waals surface area contributed by atoms with E-state index in [4.69, 9.17) is 0 Å². The van der Waals surface area contributed by atoms with Gasteiger partial charge in [-0.15, -0.1) is 0 Å². The summed E-state index contributed by atoms with van der Waals surface area (Å²) in [6.07, 6.45) is 3.78. The first-order valence-corrected chi connectivity index (χ1v) is 6.18. The number of nitro groups is 1. The Labute approximate surface area is 110 Å². The Bertz CT molecular complexity index is 608. The number of nitrogens with zero attached hydrogens (tertiary/aromatic N) is 4. The maximum absolute atomic E-state index is 10.6. The Kier molecular flexibility index (Phi) is 3.00. The molecule has 0 N–H and O–H groups in total. The zero-order valence-corrected chi connectivity index (χ0v) is 10.4. The van der Waals surface area contributed by atoms with Crippen LogP contribution in [0.4, 0.5) is 5.69 Å². The number of hydrogen-bond acceptors (Lipinski definition) is 4. The second kappa shape index (κ2) is 4.81. The van der Waals surface area contributed by atoms with E-state index in [1.807, 2.05) is 6.07 Å². The van der Waals surface area contributed by atoms with Crippen LogP contribution in [0.1, 0.15) is 11.1 Å². The highest BCUT2D eigenvalue weighted by atomic mass is 16.6. The van der Waals surface area contributed by atoms with E-state index in [1.54, 1.807) is 4.68 Å². The first-order chi connectivity index (χ1) is 9.22. The van der Waals surface area contributed by atoms with Crippen molar-refractivity contribution in [2.75, 3.05) is 6.54 Å². The summed E-state index contributed by atoms with van der Waals surface area (Å²) in [4.78, 5) is 12.4. The smallest absolute Gasteiger partial charge is 0.280 e. The van der Waals surface area contributed by atoms with Crippen LogP contribution in [0.3, 0.4) is 0 Å². The molecule has 1 aromatic heterocycles. The SMILES string of the molecule is O=[N+]([O-])c1cnn(CN2CCc3ccccc3C2)c1. The van der Waals surface area contributed by atoms with Crippen LogP contribution in [-0.4, -0.2) is 26.1 Å². The van der Waals surface area contributed by atoms with Gasteiger partial charge in [-0.2, -0.15) is 5.10 Å². The molecule has 0 aliphatic carbocycles. The van der Waals surface area contributed by atoms with Crippen LogP contribution in [0.5, 0.6) is 0 Å². The van der Waals surface area contributed by atoms with Gasteiger partial charge >= 0.3 is 5.69 Å². The Morgan fingerprint density at radius 3 is 2.84 bits per heavy atom. The van der Waals surface area contributed by atoms with E-state index in [0.717, 1.165) is 19.5 Å². The second-order valence-electron chi connectivity index (χ2n) is 4.71. The average Bonchev–Trinajstić information content (AvgIpc) is 2.87. The number of rotatable bonds is 3. The van der Waals surface area contributed by atoms with Crippen molar-refractivity contribution in [3.63, 3.8) is 0 Å². The lowest BCUT2D eigenvalue weighted by atomic mass is 10.0. The van der Waals surface area contributed by atoms with Crippen LogP contribution >= 0.6 is 0 Å². The molecule has 0 saturated heterocycles. The lowest BCUT2D eigenvalue weighted by Gasteiger charge is -2.28. The highest BCUT2D eigenvalue weighted by Gasteiger charge is 2.17. The number of aromatic nitrogens is 2. The van der Waals surface area contributed by atoms with Gasteiger partial charge in [-0.05, 0) is 17.5 Å². The molecule has 6 heteroatoms. The average molecular weight is 258 g/mol. The van der Waals surface area contributed by atoms with Crippen molar-refractivity contribution in [2.45, 2.75) is 19.6 Å². The van der Waals surface area contributed by atoms with Gasteiger partial charge in [-0.25, -0.2) is 0 Å². The van der Waals surface area contributed by atoms with Gasteiger partial charge in [-0.3, -0.25) is 19.7 Å². The van der Waals surface area contributed by atoms with Gasteiger partial charge in [0.25, 0.3) is 0 Å². The van der Waals surface area contributed by atoms with E-state index < -0.39 is 4.92 Å². The minimum Gasteiger partial charge on any atom is -0.280 e. The Hall–Kier alpha value is -2.21. The molecular formula is C13H14N4O2. The second-order valence-corrected chi connectivity index (χ2v) is 4.71. The zero-order valence-electron chi connectivity index (χ0n) is 10.4. The van der Waals surface area contributed by atoms with E-state index >= 15 is 0 Å². The van der Waals surface area contributed by atoms with Crippen molar-refractivity contribution >= 4 is 5.69 Å². The summed E-state index contributed by atoms with van der Waals surface area (Å²) in [5, 5.41) is 14.6. The summed E-state index contributed by atoms with van der Waals surface area (Å²) >= 11 is 0. The van der Waals surface area contributed by atoms with Gasteiger partial charge in [0.15, 0.2) is 0 Å². The van der Waals surface area contributed by atoms with E-state index in [9.17, 15) is 10.1 Å². The Balaban J connectivity index is 1.70. The molecule has 6 nitrogen and oxygen atoms in total. The lowest BCUT2D eigenvalue weighted by Crippen LogP contribution is -2.32. The fourth-order valence-corrected chi connectivity index (χ4v) is 2.40. The summed E-state index contributed by atoms with van der Waals surface area (Å²) in [6.45, 7) is 2.40. The molecule has 19 heavy (non-hydrogen) atoms. The summed E-state index contributed by atoms with van der Waals surface area (Å²) in [5.41, 5.74) is 2.76. The Morgan fingerprint density at radius 1 is 1.32 bits per heavy atom. The molecule has 1 aliphatic rings. The van der Waals surface area contributed by atoms with Crippen molar-refractivity contribution < 1.29 is 4.92 Å². The van der Waals surface area contributed by atoms with Gasteiger partial charge < -0.3 is 0 Å². The van der Waals surface area contributed by atoms with Gasteiger partial charge in [0.1, 0.15) is 12.4 Å². The van der Waals surface area contributed by atoms with E-state index in [2.05, 4.69) is 28.2 Å². The van der Waals surface area contributed by atoms with Crippen LogP contribution in [0, 0.1) is 10.1 Å². The molecule has 2 aromatic rings. The van der Waals surface area contributed by atoms with Crippen LogP contribution in [-0.2, 0) is 19.6 Å². The van der Waals surface area contributed by atoms with Gasteiger partial charge in [0.2, 0.25) is 0 Å². The minimum absolute atomic E-state index is 0.0393. The predicted octanol–water partition coefficient (Wildman–Crippen LogP) is 1.81. The third-order valence-corrected chi connectivity index (χ3v) is 3.39. The standard InChI is InChI=1S/C13H14N4O2/c18-17(19)13-7-14-16(9-13)10-15-6-5-11-3-1-2-4-12(11)8-15/h1-4,7,9H,5-6,8,10H2. The van der Waals surface area contributed by atoms with Crippen molar-refractivity contribution in [1.29, 1.82) is 0 Å². The molecule has 0 fully saturated rings. The van der Waals surface area contributed by atoms with Gasteiger partial charge in [0, 0.05) is 13.1 Å². The number of hydrogen-bond donors (Lipinski definition) is 0. The number of fused-ring (bicyclic) bond motifs is 1. The summed E-state index contributed by atoms with van der Waals surface area (Å²) in [6, 6.07) is 8.39. The third-order valence-electron chi connectivity index (χ3n) is 3.39. The molecule has 0 saturated carbocycles. The molecule has 0 amide bonds. The Morgan fingerprint density at radius 2 is 2.11 bits per heavy atom. The lowest BCUT2D eigenvalue weighted by molar-refractivity contribution is -0.385. The maximum atomic E-state index is 10.6. The summed E-state index contributed by atoms with van der Waals surface area (Å²) in [7, 11) is 0. The third kappa shape index (κ3) is 2.48. The molecule has 1 aliphatic heterocycles. The predicted molar refractivity (Wildman–Crippen MR) is 69.4 cm³/mol. The normalized spacial score (nSPS) is 15.2. The fraction of sp³-hybridized carbons (Fsp3) is 0.308. The van der Waals surface area contributed by atoms with E-state index in [0.29, 0.717) is 6.67 Å².